The number of fused-ring (bicyclic) bond motifs is 1. The second-order valence-electron chi connectivity index (χ2n) is 7.57. The molecule has 2 aliphatic heterocycles. The molecule has 2 aliphatic rings. The van der Waals surface area contributed by atoms with E-state index in [-0.39, 0.29) is 11.7 Å². The minimum absolute atomic E-state index is 0.123. The Morgan fingerprint density at radius 3 is 2.52 bits per heavy atom. The highest BCUT2D eigenvalue weighted by Gasteiger charge is 2.22. The highest BCUT2D eigenvalue weighted by atomic mass is 19.1. The molecule has 154 valence electrons. The molecule has 0 spiro atoms. The molecule has 1 amide bonds. The van der Waals surface area contributed by atoms with E-state index in [1.165, 1.54) is 6.07 Å². The zero-order valence-corrected chi connectivity index (χ0v) is 16.6. The van der Waals surface area contributed by atoms with E-state index in [4.69, 9.17) is 9.47 Å². The number of aryl methyl sites for hydroxylation is 1. The van der Waals surface area contributed by atoms with Gasteiger partial charge >= 0.3 is 0 Å². The summed E-state index contributed by atoms with van der Waals surface area (Å²) in [5, 5.41) is 0. The van der Waals surface area contributed by atoms with Crippen LogP contribution in [0.15, 0.2) is 42.5 Å². The third-order valence-corrected chi connectivity index (χ3v) is 5.57. The van der Waals surface area contributed by atoms with Crippen molar-refractivity contribution in [3.8, 4) is 11.5 Å². The van der Waals surface area contributed by atoms with Crippen molar-refractivity contribution in [2.24, 2.45) is 0 Å². The van der Waals surface area contributed by atoms with Crippen LogP contribution in [0.1, 0.15) is 17.5 Å². The molecule has 5 nitrogen and oxygen atoms in total. The summed E-state index contributed by atoms with van der Waals surface area (Å²) in [4.78, 5) is 17.0. The summed E-state index contributed by atoms with van der Waals surface area (Å²) in [6, 6.07) is 12.7. The molecule has 6 heteroatoms. The number of hydrogen-bond donors (Lipinski definition) is 0. The van der Waals surface area contributed by atoms with Crippen molar-refractivity contribution in [1.82, 2.24) is 9.80 Å². The maximum atomic E-state index is 13.7. The lowest BCUT2D eigenvalue weighted by atomic mass is 10.1. The standard InChI is InChI=1S/C23H27FN2O3/c24-20-6-2-1-4-19(20)5-3-9-25-10-12-26(13-11-25)23(27)17-18-7-8-21-22(16-18)29-15-14-28-21/h1-2,4,6-8,16H,3,5,9-15,17H2. The van der Waals surface area contributed by atoms with Crippen molar-refractivity contribution in [3.63, 3.8) is 0 Å². The number of carbonyl (C=O) groups is 1. The van der Waals surface area contributed by atoms with Crippen molar-refractivity contribution in [3.05, 3.63) is 59.4 Å². The number of piperazine rings is 1. The highest BCUT2D eigenvalue weighted by molar-refractivity contribution is 5.79. The molecule has 0 aliphatic carbocycles. The number of carbonyl (C=O) groups excluding carboxylic acids is 1. The molecule has 2 aromatic carbocycles. The smallest absolute Gasteiger partial charge is 0.227 e. The monoisotopic (exact) mass is 398 g/mol. The Morgan fingerprint density at radius 2 is 1.72 bits per heavy atom. The molecule has 2 aromatic rings. The van der Waals surface area contributed by atoms with Gasteiger partial charge in [-0.3, -0.25) is 9.69 Å². The lowest BCUT2D eigenvalue weighted by Gasteiger charge is -2.35. The van der Waals surface area contributed by atoms with Gasteiger partial charge < -0.3 is 14.4 Å². The maximum absolute atomic E-state index is 13.7. The van der Waals surface area contributed by atoms with Crippen LogP contribution in [-0.2, 0) is 17.6 Å². The van der Waals surface area contributed by atoms with E-state index in [1.54, 1.807) is 6.07 Å². The van der Waals surface area contributed by atoms with E-state index in [2.05, 4.69) is 4.90 Å². The predicted molar refractivity (Wildman–Crippen MR) is 109 cm³/mol. The fourth-order valence-electron chi connectivity index (χ4n) is 3.90. The lowest BCUT2D eigenvalue weighted by molar-refractivity contribution is -0.132. The van der Waals surface area contributed by atoms with E-state index in [0.29, 0.717) is 19.6 Å². The van der Waals surface area contributed by atoms with E-state index in [0.717, 1.165) is 68.2 Å². The van der Waals surface area contributed by atoms with E-state index in [9.17, 15) is 9.18 Å². The normalized spacial score (nSPS) is 16.7. The molecule has 29 heavy (non-hydrogen) atoms. The van der Waals surface area contributed by atoms with Crippen molar-refractivity contribution in [2.75, 3.05) is 45.9 Å². The summed E-state index contributed by atoms with van der Waals surface area (Å²) in [5.74, 6) is 1.49. The van der Waals surface area contributed by atoms with Gasteiger partial charge in [0.1, 0.15) is 19.0 Å². The first kappa shape index (κ1) is 19.7. The number of rotatable bonds is 6. The van der Waals surface area contributed by atoms with Crippen LogP contribution in [0.4, 0.5) is 4.39 Å². The molecule has 0 bridgehead atoms. The number of halogens is 1. The molecule has 0 radical (unpaired) electrons. The number of amides is 1. The molecule has 0 saturated carbocycles. The number of ether oxygens (including phenoxy) is 2. The number of nitrogens with zero attached hydrogens (tertiary/aromatic N) is 2. The number of benzene rings is 2. The lowest BCUT2D eigenvalue weighted by Crippen LogP contribution is -2.49. The van der Waals surface area contributed by atoms with Gasteiger partial charge in [0.2, 0.25) is 5.91 Å². The average molecular weight is 398 g/mol. The first-order valence-electron chi connectivity index (χ1n) is 10.3. The molecule has 1 saturated heterocycles. The Hall–Kier alpha value is -2.60. The van der Waals surface area contributed by atoms with Crippen molar-refractivity contribution >= 4 is 5.91 Å². The van der Waals surface area contributed by atoms with Crippen LogP contribution >= 0.6 is 0 Å². The Balaban J connectivity index is 1.21. The third kappa shape index (κ3) is 5.07. The van der Waals surface area contributed by atoms with Gasteiger partial charge in [-0.1, -0.05) is 24.3 Å². The Morgan fingerprint density at radius 1 is 0.966 bits per heavy atom. The summed E-state index contributed by atoms with van der Waals surface area (Å²) in [5.41, 5.74) is 1.73. The van der Waals surface area contributed by atoms with E-state index in [1.807, 2.05) is 35.2 Å². The zero-order chi connectivity index (χ0) is 20.1. The Bertz CT molecular complexity index is 850. The fraction of sp³-hybridized carbons (Fsp3) is 0.435. The minimum Gasteiger partial charge on any atom is -0.486 e. The second kappa shape index (κ2) is 9.27. The van der Waals surface area contributed by atoms with Crippen LogP contribution in [0.2, 0.25) is 0 Å². The quantitative estimate of drug-likeness (QED) is 0.750. The predicted octanol–water partition coefficient (Wildman–Crippen LogP) is 2.92. The molecule has 4 rings (SSSR count). The molecule has 2 heterocycles. The van der Waals surface area contributed by atoms with Crippen LogP contribution in [0.3, 0.4) is 0 Å². The van der Waals surface area contributed by atoms with Gasteiger partial charge in [0, 0.05) is 26.2 Å². The minimum atomic E-state index is -0.123. The molecule has 0 N–H and O–H groups in total. The Kier molecular flexibility index (Phi) is 6.30. The fourth-order valence-corrected chi connectivity index (χ4v) is 3.90. The molecule has 0 aromatic heterocycles. The SMILES string of the molecule is O=C(Cc1ccc2c(c1)OCCO2)N1CCN(CCCc2ccccc2F)CC1. The van der Waals surface area contributed by atoms with Crippen LogP contribution in [0, 0.1) is 5.82 Å². The summed E-state index contributed by atoms with van der Waals surface area (Å²) in [7, 11) is 0. The first-order valence-corrected chi connectivity index (χ1v) is 10.3. The first-order chi connectivity index (χ1) is 14.2. The van der Waals surface area contributed by atoms with Crippen molar-refractivity contribution < 1.29 is 18.7 Å². The van der Waals surface area contributed by atoms with Crippen molar-refractivity contribution in [2.45, 2.75) is 19.3 Å². The van der Waals surface area contributed by atoms with Gasteiger partial charge in [0.15, 0.2) is 11.5 Å². The van der Waals surface area contributed by atoms with Gasteiger partial charge in [0.05, 0.1) is 6.42 Å². The summed E-state index contributed by atoms with van der Waals surface area (Å²) >= 11 is 0. The maximum Gasteiger partial charge on any atom is 0.227 e. The highest BCUT2D eigenvalue weighted by Crippen LogP contribution is 2.31. The van der Waals surface area contributed by atoms with E-state index >= 15 is 0 Å². The molecule has 1 fully saturated rings. The van der Waals surface area contributed by atoms with Crippen LogP contribution in [-0.4, -0.2) is 61.6 Å². The van der Waals surface area contributed by atoms with Crippen LogP contribution in [0.5, 0.6) is 11.5 Å². The summed E-state index contributed by atoms with van der Waals surface area (Å²) in [6.07, 6.45) is 2.05. The zero-order valence-electron chi connectivity index (χ0n) is 16.6. The Labute approximate surface area is 171 Å². The van der Waals surface area contributed by atoms with Crippen LogP contribution < -0.4 is 9.47 Å². The summed E-state index contributed by atoms with van der Waals surface area (Å²) < 4.78 is 24.8. The van der Waals surface area contributed by atoms with Gasteiger partial charge in [0.25, 0.3) is 0 Å². The second-order valence-corrected chi connectivity index (χ2v) is 7.57. The number of hydrogen-bond acceptors (Lipinski definition) is 4. The third-order valence-electron chi connectivity index (χ3n) is 5.57. The molecular formula is C23H27FN2O3. The average Bonchev–Trinajstić information content (AvgIpc) is 2.75. The van der Waals surface area contributed by atoms with Gasteiger partial charge in [-0.15, -0.1) is 0 Å². The molecular weight excluding hydrogens is 371 g/mol. The summed E-state index contributed by atoms with van der Waals surface area (Å²) in [6.45, 7) is 5.25. The van der Waals surface area contributed by atoms with Crippen molar-refractivity contribution in [1.29, 1.82) is 0 Å². The molecule has 0 atom stereocenters. The largest absolute Gasteiger partial charge is 0.486 e. The van der Waals surface area contributed by atoms with Gasteiger partial charge in [-0.2, -0.15) is 0 Å². The topological polar surface area (TPSA) is 42.0 Å². The molecule has 0 unspecified atom stereocenters. The van der Waals surface area contributed by atoms with Gasteiger partial charge in [-0.25, -0.2) is 4.39 Å². The van der Waals surface area contributed by atoms with E-state index < -0.39 is 0 Å². The van der Waals surface area contributed by atoms with Crippen LogP contribution in [0.25, 0.3) is 0 Å². The van der Waals surface area contributed by atoms with Gasteiger partial charge in [-0.05, 0) is 48.7 Å².